The van der Waals surface area contributed by atoms with Gasteiger partial charge >= 0.3 is 19.8 Å². The number of phosphoric acid groups is 1. The highest BCUT2D eigenvalue weighted by molar-refractivity contribution is 7.47. The Morgan fingerprint density at radius 3 is 1.61 bits per heavy atom. The number of phosphoric ester groups is 1. The third-order valence-electron chi connectivity index (χ3n) is 7.80. The molecule has 0 amide bonds. The summed E-state index contributed by atoms with van der Waals surface area (Å²) < 4.78 is 34.0. The number of likely N-dealkylation sites (N-methyl/N-ethyl adjacent to an activating group) is 1. The molecule has 0 aromatic carbocycles. The molecule has 2 atom stereocenters. The van der Waals surface area contributed by atoms with E-state index in [0.717, 1.165) is 51.4 Å². The topological polar surface area (TPSA) is 108 Å². The standard InChI is InChI=1S/C36H70NO8P/c1-6-8-10-12-14-15-16-17-18-19-20-21-23-25-27-29-36(39)45-34(33-44-46(40,41)43-31-30-37(3,4)5)32-42-35(38)28-26-24-22-13-11-9-7-2/h17-18,34H,6-16,19-33H2,1-5H3/p+1/b18-17+/t34-/m0/s1. The molecular formula is C36H71NO8P+. The number of carbonyl (C=O) groups excluding carboxylic acids is 2. The van der Waals surface area contributed by atoms with Gasteiger partial charge in [0.05, 0.1) is 27.7 Å². The van der Waals surface area contributed by atoms with Gasteiger partial charge in [-0.05, 0) is 38.5 Å². The number of unbranched alkanes of at least 4 members (excludes halogenated alkanes) is 17. The van der Waals surface area contributed by atoms with Crippen LogP contribution in [0.4, 0.5) is 0 Å². The minimum absolute atomic E-state index is 0.0324. The van der Waals surface area contributed by atoms with Gasteiger partial charge in [0.25, 0.3) is 0 Å². The number of carbonyl (C=O) groups is 2. The van der Waals surface area contributed by atoms with E-state index in [4.69, 9.17) is 18.5 Å². The lowest BCUT2D eigenvalue weighted by Crippen LogP contribution is -2.37. The summed E-state index contributed by atoms with van der Waals surface area (Å²) in [5.74, 6) is -0.814. The van der Waals surface area contributed by atoms with Crippen LogP contribution in [0.3, 0.4) is 0 Å². The first-order valence-electron chi connectivity index (χ1n) is 18.4. The molecule has 0 fully saturated rings. The van der Waals surface area contributed by atoms with Crippen molar-refractivity contribution in [3.8, 4) is 0 Å². The molecule has 1 N–H and O–H groups in total. The minimum atomic E-state index is -4.36. The molecule has 1 unspecified atom stereocenters. The first-order chi connectivity index (χ1) is 22.0. The molecule has 0 saturated carbocycles. The molecule has 9 nitrogen and oxygen atoms in total. The Balaban J connectivity index is 4.41. The van der Waals surface area contributed by atoms with Crippen LogP contribution in [-0.2, 0) is 32.7 Å². The maximum Gasteiger partial charge on any atom is 0.472 e. The molecule has 0 bridgehead atoms. The van der Waals surface area contributed by atoms with Crippen LogP contribution in [0.5, 0.6) is 0 Å². The Bertz CT molecular complexity index is 814. The first kappa shape index (κ1) is 44.8. The van der Waals surface area contributed by atoms with Crippen LogP contribution in [0.2, 0.25) is 0 Å². The van der Waals surface area contributed by atoms with Crippen LogP contribution in [0, 0.1) is 0 Å². The highest BCUT2D eigenvalue weighted by Crippen LogP contribution is 2.43. The molecule has 0 rings (SSSR count). The van der Waals surface area contributed by atoms with E-state index in [1.807, 2.05) is 21.1 Å². The van der Waals surface area contributed by atoms with Gasteiger partial charge in [-0.1, -0.05) is 116 Å². The summed E-state index contributed by atoms with van der Waals surface area (Å²) in [5, 5.41) is 0. The number of quaternary nitrogens is 1. The Morgan fingerprint density at radius 1 is 0.652 bits per heavy atom. The van der Waals surface area contributed by atoms with Gasteiger partial charge in [0, 0.05) is 12.8 Å². The lowest BCUT2D eigenvalue weighted by Gasteiger charge is -2.24. The molecule has 10 heteroatoms. The number of allylic oxidation sites excluding steroid dienone is 2. The van der Waals surface area contributed by atoms with Gasteiger partial charge < -0.3 is 18.9 Å². The molecule has 0 saturated heterocycles. The largest absolute Gasteiger partial charge is 0.472 e. The smallest absolute Gasteiger partial charge is 0.462 e. The third kappa shape index (κ3) is 32.7. The number of hydrogen-bond acceptors (Lipinski definition) is 7. The van der Waals surface area contributed by atoms with Crippen LogP contribution in [0.15, 0.2) is 12.2 Å². The number of rotatable bonds is 33. The van der Waals surface area contributed by atoms with E-state index < -0.39 is 26.5 Å². The van der Waals surface area contributed by atoms with E-state index in [9.17, 15) is 19.0 Å². The van der Waals surface area contributed by atoms with E-state index in [1.54, 1.807) is 0 Å². The molecule has 0 heterocycles. The number of esters is 2. The van der Waals surface area contributed by atoms with Crippen molar-refractivity contribution in [2.45, 2.75) is 161 Å². The van der Waals surface area contributed by atoms with E-state index in [-0.39, 0.29) is 32.0 Å². The van der Waals surface area contributed by atoms with E-state index in [1.165, 1.54) is 70.6 Å². The fourth-order valence-electron chi connectivity index (χ4n) is 4.83. The third-order valence-corrected chi connectivity index (χ3v) is 8.78. The molecule has 0 aliphatic heterocycles. The lowest BCUT2D eigenvalue weighted by atomic mass is 10.1. The Labute approximate surface area is 282 Å². The molecule has 0 radical (unpaired) electrons. The zero-order chi connectivity index (χ0) is 34.4. The Morgan fingerprint density at radius 2 is 1.11 bits per heavy atom. The average molecular weight is 677 g/mol. The summed E-state index contributed by atoms with van der Waals surface area (Å²) in [6.45, 7) is 4.34. The molecule has 0 aliphatic rings. The minimum Gasteiger partial charge on any atom is -0.462 e. The van der Waals surface area contributed by atoms with Crippen LogP contribution in [0.1, 0.15) is 155 Å². The zero-order valence-electron chi connectivity index (χ0n) is 30.3. The van der Waals surface area contributed by atoms with Gasteiger partial charge in [-0.3, -0.25) is 18.6 Å². The zero-order valence-corrected chi connectivity index (χ0v) is 31.2. The maximum atomic E-state index is 12.6. The van der Waals surface area contributed by atoms with Crippen molar-refractivity contribution in [1.29, 1.82) is 0 Å². The second-order valence-corrected chi connectivity index (χ2v) is 15.1. The van der Waals surface area contributed by atoms with Crippen molar-refractivity contribution in [2.75, 3.05) is 47.5 Å². The second-order valence-electron chi connectivity index (χ2n) is 13.6. The molecule has 0 aliphatic carbocycles. The lowest BCUT2D eigenvalue weighted by molar-refractivity contribution is -0.870. The second kappa shape index (κ2) is 29.9. The van der Waals surface area contributed by atoms with Crippen molar-refractivity contribution in [3.05, 3.63) is 12.2 Å². The quantitative estimate of drug-likeness (QED) is 0.0241. The summed E-state index contributed by atoms with van der Waals surface area (Å²) in [5.41, 5.74) is 0. The van der Waals surface area contributed by atoms with E-state index in [2.05, 4.69) is 26.0 Å². The van der Waals surface area contributed by atoms with Crippen molar-refractivity contribution in [3.63, 3.8) is 0 Å². The van der Waals surface area contributed by atoms with Gasteiger partial charge in [0.2, 0.25) is 0 Å². The molecule has 0 aromatic rings. The summed E-state index contributed by atoms with van der Waals surface area (Å²) in [7, 11) is 1.47. The summed E-state index contributed by atoms with van der Waals surface area (Å²) in [4.78, 5) is 35.0. The van der Waals surface area contributed by atoms with E-state index >= 15 is 0 Å². The average Bonchev–Trinajstić information content (AvgIpc) is 2.99. The Kier molecular flexibility index (Phi) is 29.0. The number of nitrogens with zero attached hydrogens (tertiary/aromatic N) is 1. The summed E-state index contributed by atoms with van der Waals surface area (Å²) in [6, 6.07) is 0. The van der Waals surface area contributed by atoms with Gasteiger partial charge in [-0.15, -0.1) is 0 Å². The summed E-state index contributed by atoms with van der Waals surface area (Å²) >= 11 is 0. The predicted octanol–water partition coefficient (Wildman–Crippen LogP) is 9.46. The molecule has 272 valence electrons. The number of hydrogen-bond donors (Lipinski definition) is 1. The molecule has 46 heavy (non-hydrogen) atoms. The molecule has 0 spiro atoms. The highest BCUT2D eigenvalue weighted by atomic mass is 31.2. The van der Waals surface area contributed by atoms with Crippen molar-refractivity contribution in [2.24, 2.45) is 0 Å². The fraction of sp³-hybridized carbons (Fsp3) is 0.889. The van der Waals surface area contributed by atoms with E-state index in [0.29, 0.717) is 17.4 Å². The van der Waals surface area contributed by atoms with Crippen molar-refractivity contribution in [1.82, 2.24) is 0 Å². The Hall–Kier alpha value is -1.25. The number of ether oxygens (including phenoxy) is 2. The van der Waals surface area contributed by atoms with Crippen LogP contribution in [0.25, 0.3) is 0 Å². The van der Waals surface area contributed by atoms with Crippen LogP contribution < -0.4 is 0 Å². The maximum absolute atomic E-state index is 12.6. The molecule has 0 aromatic heterocycles. The van der Waals surface area contributed by atoms with Gasteiger partial charge in [-0.2, -0.15) is 0 Å². The molecular weight excluding hydrogens is 605 g/mol. The first-order valence-corrected chi connectivity index (χ1v) is 19.9. The highest BCUT2D eigenvalue weighted by Gasteiger charge is 2.27. The van der Waals surface area contributed by atoms with Crippen LogP contribution in [-0.4, -0.2) is 74.9 Å². The van der Waals surface area contributed by atoms with Crippen molar-refractivity contribution >= 4 is 19.8 Å². The monoisotopic (exact) mass is 676 g/mol. The normalized spacial score (nSPS) is 14.0. The van der Waals surface area contributed by atoms with Gasteiger partial charge in [0.15, 0.2) is 6.10 Å². The van der Waals surface area contributed by atoms with Crippen molar-refractivity contribution < 1.29 is 42.1 Å². The van der Waals surface area contributed by atoms with Crippen LogP contribution >= 0.6 is 7.82 Å². The fourth-order valence-corrected chi connectivity index (χ4v) is 5.57. The predicted molar refractivity (Wildman–Crippen MR) is 188 cm³/mol. The SMILES string of the molecule is CCCCCCCC/C=C/CCCCCCCC(=O)O[C@@H](COC(=O)CCCCCCCCC)COP(=O)(O)OCC[N+](C)(C)C. The van der Waals surface area contributed by atoms with Gasteiger partial charge in [0.1, 0.15) is 19.8 Å². The summed E-state index contributed by atoms with van der Waals surface area (Å²) in [6.07, 6.45) is 27.0. The van der Waals surface area contributed by atoms with Gasteiger partial charge in [-0.25, -0.2) is 4.57 Å².